The Labute approximate surface area is 144 Å². The van der Waals surface area contributed by atoms with Gasteiger partial charge in [-0.25, -0.2) is 4.79 Å². The SMILES string of the molecule is CCCC1=C(C(=O)OC)[C@@H](c2ccc(Cl)cc2Cl)NC(=S)N1. The van der Waals surface area contributed by atoms with Crippen molar-refractivity contribution in [1.29, 1.82) is 0 Å². The Hall–Kier alpha value is -1.30. The molecule has 0 saturated heterocycles. The zero-order valence-electron chi connectivity index (χ0n) is 12.2. The number of hydrogen-bond acceptors (Lipinski definition) is 3. The molecule has 0 saturated carbocycles. The van der Waals surface area contributed by atoms with Gasteiger partial charge in [0, 0.05) is 15.7 Å². The Morgan fingerprint density at radius 3 is 2.73 bits per heavy atom. The zero-order chi connectivity index (χ0) is 16.3. The van der Waals surface area contributed by atoms with Gasteiger partial charge >= 0.3 is 5.97 Å². The Morgan fingerprint density at radius 2 is 2.14 bits per heavy atom. The van der Waals surface area contributed by atoms with Gasteiger partial charge in [0.1, 0.15) is 0 Å². The minimum atomic E-state index is -0.465. The van der Waals surface area contributed by atoms with Crippen LogP contribution in [0.15, 0.2) is 29.5 Å². The number of thiocarbonyl (C=S) groups is 1. The third kappa shape index (κ3) is 3.54. The Kier molecular flexibility index (Phi) is 5.67. The summed E-state index contributed by atoms with van der Waals surface area (Å²) >= 11 is 17.5. The molecule has 0 bridgehead atoms. The molecule has 1 aliphatic heterocycles. The van der Waals surface area contributed by atoms with E-state index in [1.807, 2.05) is 6.92 Å². The summed E-state index contributed by atoms with van der Waals surface area (Å²) in [6.45, 7) is 2.03. The quantitative estimate of drug-likeness (QED) is 0.634. The minimum Gasteiger partial charge on any atom is -0.466 e. The van der Waals surface area contributed by atoms with Crippen LogP contribution in [-0.2, 0) is 9.53 Å². The minimum absolute atomic E-state index is 0.415. The average molecular weight is 359 g/mol. The topological polar surface area (TPSA) is 50.4 Å². The molecule has 1 heterocycles. The summed E-state index contributed by atoms with van der Waals surface area (Å²) in [5.74, 6) is -0.415. The van der Waals surface area contributed by atoms with Crippen molar-refractivity contribution >= 4 is 46.5 Å². The van der Waals surface area contributed by atoms with E-state index in [4.69, 9.17) is 40.2 Å². The van der Waals surface area contributed by atoms with E-state index in [9.17, 15) is 4.79 Å². The molecule has 1 aliphatic rings. The summed E-state index contributed by atoms with van der Waals surface area (Å²) in [5.41, 5.74) is 1.97. The molecular weight excluding hydrogens is 343 g/mol. The van der Waals surface area contributed by atoms with Crippen molar-refractivity contribution in [3.05, 3.63) is 45.1 Å². The summed E-state index contributed by atoms with van der Waals surface area (Å²) in [6.07, 6.45) is 1.56. The second kappa shape index (κ2) is 7.31. The summed E-state index contributed by atoms with van der Waals surface area (Å²) in [4.78, 5) is 12.2. The molecule has 0 amide bonds. The van der Waals surface area contributed by atoms with Crippen LogP contribution >= 0.6 is 35.4 Å². The fourth-order valence-electron chi connectivity index (χ4n) is 2.39. The highest BCUT2D eigenvalue weighted by atomic mass is 35.5. The van der Waals surface area contributed by atoms with Gasteiger partial charge in [0.15, 0.2) is 5.11 Å². The second-order valence-electron chi connectivity index (χ2n) is 4.83. The van der Waals surface area contributed by atoms with Gasteiger partial charge in [-0.1, -0.05) is 42.6 Å². The Balaban J connectivity index is 2.56. The first kappa shape index (κ1) is 17.1. The summed E-state index contributed by atoms with van der Waals surface area (Å²) in [7, 11) is 1.35. The van der Waals surface area contributed by atoms with Crippen molar-refractivity contribution < 1.29 is 9.53 Å². The van der Waals surface area contributed by atoms with E-state index < -0.39 is 12.0 Å². The normalized spacial score (nSPS) is 17.8. The van der Waals surface area contributed by atoms with Gasteiger partial charge < -0.3 is 15.4 Å². The van der Waals surface area contributed by atoms with Crippen LogP contribution in [0.25, 0.3) is 0 Å². The number of esters is 1. The zero-order valence-corrected chi connectivity index (χ0v) is 14.5. The van der Waals surface area contributed by atoms with Gasteiger partial charge in [0.25, 0.3) is 0 Å². The van der Waals surface area contributed by atoms with Crippen LogP contribution in [0.3, 0.4) is 0 Å². The molecule has 0 fully saturated rings. The van der Waals surface area contributed by atoms with Gasteiger partial charge in [-0.2, -0.15) is 0 Å². The molecule has 7 heteroatoms. The molecule has 1 aromatic rings. The van der Waals surface area contributed by atoms with Crippen LogP contribution in [0.4, 0.5) is 0 Å². The highest BCUT2D eigenvalue weighted by Crippen LogP contribution is 2.34. The van der Waals surface area contributed by atoms with Crippen LogP contribution in [0.5, 0.6) is 0 Å². The molecule has 2 N–H and O–H groups in total. The highest BCUT2D eigenvalue weighted by molar-refractivity contribution is 7.80. The van der Waals surface area contributed by atoms with Crippen molar-refractivity contribution in [2.75, 3.05) is 7.11 Å². The average Bonchev–Trinajstić information content (AvgIpc) is 2.46. The molecule has 0 radical (unpaired) electrons. The number of halogens is 2. The van der Waals surface area contributed by atoms with Crippen LogP contribution in [-0.4, -0.2) is 18.2 Å². The monoisotopic (exact) mass is 358 g/mol. The molecule has 22 heavy (non-hydrogen) atoms. The number of rotatable bonds is 4. The van der Waals surface area contributed by atoms with E-state index in [1.54, 1.807) is 18.2 Å². The predicted molar refractivity (Wildman–Crippen MR) is 92.0 cm³/mol. The van der Waals surface area contributed by atoms with Crippen molar-refractivity contribution in [1.82, 2.24) is 10.6 Å². The van der Waals surface area contributed by atoms with Gasteiger partial charge in [-0.05, 0) is 36.3 Å². The van der Waals surface area contributed by atoms with Crippen molar-refractivity contribution in [3.63, 3.8) is 0 Å². The van der Waals surface area contributed by atoms with Crippen LogP contribution < -0.4 is 10.6 Å². The lowest BCUT2D eigenvalue weighted by atomic mass is 9.94. The van der Waals surface area contributed by atoms with E-state index in [0.717, 1.165) is 17.7 Å². The number of nitrogens with one attached hydrogen (secondary N) is 2. The van der Waals surface area contributed by atoms with E-state index in [0.29, 0.717) is 27.2 Å². The maximum absolute atomic E-state index is 12.2. The number of methoxy groups -OCH3 is 1. The number of ether oxygens (including phenoxy) is 1. The number of carbonyl (C=O) groups is 1. The van der Waals surface area contributed by atoms with Crippen molar-refractivity contribution in [2.45, 2.75) is 25.8 Å². The van der Waals surface area contributed by atoms with E-state index in [2.05, 4.69) is 10.6 Å². The maximum Gasteiger partial charge on any atom is 0.337 e. The van der Waals surface area contributed by atoms with Crippen molar-refractivity contribution in [2.24, 2.45) is 0 Å². The fraction of sp³-hybridized carbons (Fsp3) is 0.333. The summed E-state index contributed by atoms with van der Waals surface area (Å²) < 4.78 is 4.93. The van der Waals surface area contributed by atoms with Crippen LogP contribution in [0.2, 0.25) is 10.0 Å². The van der Waals surface area contributed by atoms with Crippen LogP contribution in [0.1, 0.15) is 31.4 Å². The lowest BCUT2D eigenvalue weighted by molar-refractivity contribution is -0.136. The maximum atomic E-state index is 12.2. The van der Waals surface area contributed by atoms with Crippen LogP contribution in [0, 0.1) is 0 Å². The van der Waals surface area contributed by atoms with Gasteiger partial charge in [0.05, 0.1) is 18.7 Å². The first-order valence-corrected chi connectivity index (χ1v) is 7.98. The molecule has 1 aromatic carbocycles. The molecule has 2 rings (SSSR count). The molecule has 4 nitrogen and oxygen atoms in total. The number of allylic oxidation sites excluding steroid dienone is 1. The Bertz CT molecular complexity index is 646. The molecule has 0 aliphatic carbocycles. The predicted octanol–water partition coefficient (Wildman–Crippen LogP) is 3.74. The van der Waals surface area contributed by atoms with E-state index >= 15 is 0 Å². The lowest BCUT2D eigenvalue weighted by Crippen LogP contribution is -2.45. The summed E-state index contributed by atoms with van der Waals surface area (Å²) in [5, 5.41) is 7.57. The summed E-state index contributed by atoms with van der Waals surface area (Å²) in [6, 6.07) is 4.68. The largest absolute Gasteiger partial charge is 0.466 e. The first-order valence-electron chi connectivity index (χ1n) is 6.81. The van der Waals surface area contributed by atoms with Gasteiger partial charge in [-0.3, -0.25) is 0 Å². The third-order valence-corrected chi connectivity index (χ3v) is 4.11. The number of hydrogen-bond donors (Lipinski definition) is 2. The second-order valence-corrected chi connectivity index (χ2v) is 6.08. The van der Waals surface area contributed by atoms with E-state index in [-0.39, 0.29) is 0 Å². The Morgan fingerprint density at radius 1 is 1.41 bits per heavy atom. The van der Waals surface area contributed by atoms with Crippen molar-refractivity contribution in [3.8, 4) is 0 Å². The standard InChI is InChI=1S/C15H16Cl2N2O2S/c1-3-4-11-12(14(20)21-2)13(19-15(22)18-11)9-6-5-8(16)7-10(9)17/h5-7,13H,3-4H2,1-2H3,(H2,18,19,22)/t13-/m1/s1. The molecule has 0 unspecified atom stereocenters. The smallest absolute Gasteiger partial charge is 0.337 e. The molecule has 0 aromatic heterocycles. The molecular formula is C15H16Cl2N2O2S. The number of benzene rings is 1. The third-order valence-electron chi connectivity index (χ3n) is 3.33. The molecule has 1 atom stereocenters. The fourth-order valence-corrected chi connectivity index (χ4v) is 3.14. The van der Waals surface area contributed by atoms with Gasteiger partial charge in [-0.15, -0.1) is 0 Å². The van der Waals surface area contributed by atoms with E-state index in [1.165, 1.54) is 7.11 Å². The number of carbonyl (C=O) groups excluding carboxylic acids is 1. The highest BCUT2D eigenvalue weighted by Gasteiger charge is 2.32. The molecule has 0 spiro atoms. The molecule has 118 valence electrons. The lowest BCUT2D eigenvalue weighted by Gasteiger charge is -2.31. The van der Waals surface area contributed by atoms with Gasteiger partial charge in [0.2, 0.25) is 0 Å². The first-order chi connectivity index (χ1) is 10.5.